The number of anilines is 1. The number of fused-ring (bicyclic) bond motifs is 1. The van der Waals surface area contributed by atoms with Gasteiger partial charge in [-0.05, 0) is 43.2 Å². The van der Waals surface area contributed by atoms with Crippen LogP contribution in [0.4, 0.5) is 14.9 Å². The van der Waals surface area contributed by atoms with Crippen molar-refractivity contribution in [3.8, 4) is 0 Å². The molecule has 26 heavy (non-hydrogen) atoms. The molecule has 4 nitrogen and oxygen atoms in total. The van der Waals surface area contributed by atoms with Crippen LogP contribution in [0.2, 0.25) is 0 Å². The zero-order valence-electron chi connectivity index (χ0n) is 14.0. The van der Waals surface area contributed by atoms with E-state index in [-0.39, 0.29) is 11.8 Å². The van der Waals surface area contributed by atoms with Crippen molar-refractivity contribution in [3.63, 3.8) is 0 Å². The Morgan fingerprint density at radius 1 is 1.19 bits per heavy atom. The lowest BCUT2D eigenvalue weighted by atomic mass is 10.1. The largest absolute Gasteiger partial charge is 0.324 e. The number of nitrogens with one attached hydrogen (secondary N) is 1. The summed E-state index contributed by atoms with van der Waals surface area (Å²) in [5, 5.41) is 3.23. The molecule has 0 spiro atoms. The second kappa shape index (κ2) is 7.63. The highest BCUT2D eigenvalue weighted by Crippen LogP contribution is 2.35. The smallest absolute Gasteiger partial charge is 0.321 e. The number of nitrogens with zero attached hydrogens (tertiary/aromatic N) is 2. The number of thiazole rings is 1. The van der Waals surface area contributed by atoms with Gasteiger partial charge < -0.3 is 10.2 Å². The third kappa shape index (κ3) is 3.99. The first-order valence-electron chi connectivity index (χ1n) is 8.51. The molecular formula is C19H18FN3OS2. The van der Waals surface area contributed by atoms with Crippen LogP contribution in [0.3, 0.4) is 0 Å². The van der Waals surface area contributed by atoms with Gasteiger partial charge in [-0.25, -0.2) is 14.2 Å². The molecular weight excluding hydrogens is 369 g/mol. The molecule has 0 bridgehead atoms. The molecule has 0 atom stereocenters. The average molecular weight is 388 g/mol. The summed E-state index contributed by atoms with van der Waals surface area (Å²) in [5.41, 5.74) is 1.54. The van der Waals surface area contributed by atoms with Crippen molar-refractivity contribution in [2.75, 3.05) is 18.4 Å². The topological polar surface area (TPSA) is 45.2 Å². The molecule has 2 amide bonds. The van der Waals surface area contributed by atoms with Crippen molar-refractivity contribution in [2.45, 2.75) is 22.4 Å². The van der Waals surface area contributed by atoms with E-state index in [1.807, 2.05) is 30.0 Å². The number of urea groups is 1. The number of aromatic nitrogens is 1. The first-order chi connectivity index (χ1) is 12.7. The molecule has 3 aromatic rings. The molecule has 1 fully saturated rings. The summed E-state index contributed by atoms with van der Waals surface area (Å²) in [6, 6.07) is 14.0. The van der Waals surface area contributed by atoms with Gasteiger partial charge in [-0.3, -0.25) is 0 Å². The van der Waals surface area contributed by atoms with Gasteiger partial charge in [0.05, 0.1) is 10.2 Å². The fourth-order valence-corrected chi connectivity index (χ4v) is 5.44. The van der Waals surface area contributed by atoms with Gasteiger partial charge in [-0.2, -0.15) is 0 Å². The molecule has 0 radical (unpaired) electrons. The maximum Gasteiger partial charge on any atom is 0.321 e. The van der Waals surface area contributed by atoms with E-state index in [0.29, 0.717) is 24.0 Å². The Kier molecular flexibility index (Phi) is 5.08. The lowest BCUT2D eigenvalue weighted by Gasteiger charge is -2.31. The van der Waals surface area contributed by atoms with E-state index in [1.54, 1.807) is 28.4 Å². The molecule has 134 valence electrons. The number of para-hydroxylation sites is 1. The van der Waals surface area contributed by atoms with E-state index >= 15 is 0 Å². The number of amides is 2. The van der Waals surface area contributed by atoms with Crippen molar-refractivity contribution in [2.24, 2.45) is 0 Å². The lowest BCUT2D eigenvalue weighted by Crippen LogP contribution is -2.41. The zero-order chi connectivity index (χ0) is 17.9. The molecule has 0 saturated carbocycles. The molecule has 0 unspecified atom stereocenters. The number of carbonyl (C=O) groups excluding carboxylic acids is 1. The third-order valence-corrected chi connectivity index (χ3v) is 6.81. The highest BCUT2D eigenvalue weighted by molar-refractivity contribution is 8.01. The van der Waals surface area contributed by atoms with Crippen molar-refractivity contribution in [1.82, 2.24) is 9.88 Å². The van der Waals surface area contributed by atoms with Gasteiger partial charge in [0.25, 0.3) is 0 Å². The number of piperidine rings is 1. The molecule has 1 aliphatic rings. The van der Waals surface area contributed by atoms with Crippen LogP contribution in [0.15, 0.2) is 52.9 Å². The van der Waals surface area contributed by atoms with Crippen LogP contribution in [-0.2, 0) is 0 Å². The van der Waals surface area contributed by atoms with E-state index < -0.39 is 0 Å². The molecule has 1 saturated heterocycles. The maximum absolute atomic E-state index is 13.2. The second-order valence-corrected chi connectivity index (χ2v) is 8.77. The SMILES string of the molecule is O=C(Nc1cccc(F)c1)N1CCC(Sc2nc3ccccc3s2)CC1. The molecule has 7 heteroatoms. The number of halogens is 1. The van der Waals surface area contributed by atoms with Crippen molar-refractivity contribution in [3.05, 3.63) is 54.3 Å². The Balaban J connectivity index is 1.31. The summed E-state index contributed by atoms with van der Waals surface area (Å²) in [6.45, 7) is 1.40. The van der Waals surface area contributed by atoms with Gasteiger partial charge in [0.1, 0.15) is 5.82 Å². The molecule has 2 heterocycles. The molecule has 1 N–H and O–H groups in total. The molecule has 0 aliphatic carbocycles. The number of thioether (sulfide) groups is 1. The first-order valence-corrected chi connectivity index (χ1v) is 10.2. The predicted molar refractivity (Wildman–Crippen MR) is 105 cm³/mol. The number of carbonyl (C=O) groups is 1. The van der Waals surface area contributed by atoms with Gasteiger partial charge in [-0.15, -0.1) is 11.3 Å². The monoisotopic (exact) mass is 387 g/mol. The van der Waals surface area contributed by atoms with Crippen LogP contribution in [0.1, 0.15) is 12.8 Å². The quantitative estimate of drug-likeness (QED) is 0.670. The summed E-state index contributed by atoms with van der Waals surface area (Å²) in [6.07, 6.45) is 1.86. The van der Waals surface area contributed by atoms with Crippen molar-refractivity contribution >= 4 is 45.0 Å². The summed E-state index contributed by atoms with van der Waals surface area (Å²) < 4.78 is 15.5. The Bertz CT molecular complexity index is 889. The number of hydrogen-bond donors (Lipinski definition) is 1. The van der Waals surface area contributed by atoms with Gasteiger partial charge in [0.2, 0.25) is 0 Å². The molecule has 4 rings (SSSR count). The van der Waals surface area contributed by atoms with Gasteiger partial charge >= 0.3 is 6.03 Å². The van der Waals surface area contributed by atoms with Crippen LogP contribution in [0.5, 0.6) is 0 Å². The number of likely N-dealkylation sites (tertiary alicyclic amines) is 1. The fourth-order valence-electron chi connectivity index (χ4n) is 2.99. The van der Waals surface area contributed by atoms with Crippen molar-refractivity contribution in [1.29, 1.82) is 0 Å². The van der Waals surface area contributed by atoms with Crippen LogP contribution in [0.25, 0.3) is 10.2 Å². The lowest BCUT2D eigenvalue weighted by molar-refractivity contribution is 0.201. The van der Waals surface area contributed by atoms with E-state index in [4.69, 9.17) is 0 Å². The van der Waals surface area contributed by atoms with Crippen LogP contribution in [0, 0.1) is 5.82 Å². The minimum Gasteiger partial charge on any atom is -0.324 e. The minimum atomic E-state index is -0.353. The predicted octanol–water partition coefficient (Wildman–Crippen LogP) is 5.22. The molecule has 1 aliphatic heterocycles. The van der Waals surface area contributed by atoms with E-state index in [0.717, 1.165) is 22.7 Å². The fraction of sp³-hybridized carbons (Fsp3) is 0.263. The van der Waals surface area contributed by atoms with E-state index in [2.05, 4.69) is 16.4 Å². The number of benzene rings is 2. The highest BCUT2D eigenvalue weighted by Gasteiger charge is 2.24. The maximum atomic E-state index is 13.2. The standard InChI is InChI=1S/C19H18FN3OS2/c20-13-4-3-5-14(12-13)21-18(24)23-10-8-15(9-11-23)25-19-22-16-6-1-2-7-17(16)26-19/h1-7,12,15H,8-11H2,(H,21,24). The Hall–Kier alpha value is -2.12. The normalized spacial score (nSPS) is 15.3. The zero-order valence-corrected chi connectivity index (χ0v) is 15.7. The van der Waals surface area contributed by atoms with E-state index in [1.165, 1.54) is 16.8 Å². The van der Waals surface area contributed by atoms with Crippen LogP contribution >= 0.6 is 23.1 Å². The van der Waals surface area contributed by atoms with Crippen LogP contribution in [-0.4, -0.2) is 34.3 Å². The number of hydrogen-bond acceptors (Lipinski definition) is 4. The van der Waals surface area contributed by atoms with Crippen molar-refractivity contribution < 1.29 is 9.18 Å². The third-order valence-electron chi connectivity index (χ3n) is 4.35. The minimum absolute atomic E-state index is 0.168. The summed E-state index contributed by atoms with van der Waals surface area (Å²) in [5.74, 6) is -0.353. The first kappa shape index (κ1) is 17.3. The van der Waals surface area contributed by atoms with E-state index in [9.17, 15) is 9.18 Å². The summed E-state index contributed by atoms with van der Waals surface area (Å²) >= 11 is 3.53. The Labute approximate surface area is 159 Å². The molecule has 1 aromatic heterocycles. The van der Waals surface area contributed by atoms with Crippen LogP contribution < -0.4 is 5.32 Å². The molecule has 2 aromatic carbocycles. The number of rotatable bonds is 3. The summed E-state index contributed by atoms with van der Waals surface area (Å²) in [4.78, 5) is 18.8. The van der Waals surface area contributed by atoms with Gasteiger partial charge in [0.15, 0.2) is 4.34 Å². The Morgan fingerprint density at radius 3 is 2.77 bits per heavy atom. The van der Waals surface area contributed by atoms with Gasteiger partial charge in [0, 0.05) is 24.0 Å². The average Bonchev–Trinajstić information content (AvgIpc) is 3.04. The Morgan fingerprint density at radius 2 is 2.00 bits per heavy atom. The second-order valence-electron chi connectivity index (χ2n) is 6.19. The summed E-state index contributed by atoms with van der Waals surface area (Å²) in [7, 11) is 0. The van der Waals surface area contributed by atoms with Gasteiger partial charge in [-0.1, -0.05) is 30.0 Å². The highest BCUT2D eigenvalue weighted by atomic mass is 32.2.